The van der Waals surface area contributed by atoms with Crippen molar-refractivity contribution < 1.29 is 26.4 Å². The van der Waals surface area contributed by atoms with Gasteiger partial charge in [-0.25, -0.2) is 21.6 Å². The first-order valence-corrected chi connectivity index (χ1v) is 10.7. The van der Waals surface area contributed by atoms with Crippen molar-refractivity contribution >= 4 is 15.9 Å². The second kappa shape index (κ2) is 8.96. The zero-order valence-corrected chi connectivity index (χ0v) is 16.4. The Morgan fingerprint density at radius 1 is 1.03 bits per heavy atom. The number of amides is 1. The summed E-state index contributed by atoms with van der Waals surface area (Å²) in [5.74, 6) is -2.57. The van der Waals surface area contributed by atoms with Crippen LogP contribution in [0.15, 0.2) is 47.4 Å². The fourth-order valence-corrected chi connectivity index (χ4v) is 5.10. The first kappa shape index (κ1) is 21.3. The largest absolute Gasteiger partial charge is 0.352 e. The predicted molar refractivity (Wildman–Crippen MR) is 101 cm³/mol. The van der Waals surface area contributed by atoms with Gasteiger partial charge in [0.15, 0.2) is 0 Å². The summed E-state index contributed by atoms with van der Waals surface area (Å²) in [6, 6.07) is 7.38. The van der Waals surface area contributed by atoms with E-state index in [2.05, 4.69) is 5.32 Å². The van der Waals surface area contributed by atoms with E-state index in [0.717, 1.165) is 30.7 Å². The highest BCUT2D eigenvalue weighted by atomic mass is 32.2. The molecule has 2 aromatic carbocycles. The molecule has 1 amide bonds. The summed E-state index contributed by atoms with van der Waals surface area (Å²) in [6.45, 7) is -0.0750. The predicted octanol–water partition coefficient (Wildman–Crippen LogP) is 3.35. The van der Waals surface area contributed by atoms with Gasteiger partial charge in [-0.3, -0.25) is 4.79 Å². The molecular weight excluding hydrogens is 405 g/mol. The van der Waals surface area contributed by atoms with Crippen molar-refractivity contribution in [2.75, 3.05) is 6.54 Å². The lowest BCUT2D eigenvalue weighted by Gasteiger charge is -2.34. The SMILES string of the molecule is O=C(C[C@H]1CCCCN1S(=O)(=O)c1ccc(F)cc1)NCc1c(F)cccc1F. The van der Waals surface area contributed by atoms with Gasteiger partial charge >= 0.3 is 0 Å². The number of sulfonamides is 1. The number of rotatable bonds is 6. The number of nitrogens with one attached hydrogen (secondary N) is 1. The Kier molecular flexibility index (Phi) is 6.59. The van der Waals surface area contributed by atoms with Crippen LogP contribution in [0.25, 0.3) is 0 Å². The zero-order valence-electron chi connectivity index (χ0n) is 15.6. The summed E-state index contributed by atoms with van der Waals surface area (Å²) in [5.41, 5.74) is -0.250. The summed E-state index contributed by atoms with van der Waals surface area (Å²) in [5, 5.41) is 2.46. The third kappa shape index (κ3) is 4.97. The number of hydrogen-bond acceptors (Lipinski definition) is 3. The second-order valence-electron chi connectivity index (χ2n) is 6.90. The van der Waals surface area contributed by atoms with Crippen molar-refractivity contribution in [3.8, 4) is 0 Å². The van der Waals surface area contributed by atoms with Crippen LogP contribution in [0.5, 0.6) is 0 Å². The van der Waals surface area contributed by atoms with Gasteiger partial charge in [-0.15, -0.1) is 0 Å². The van der Waals surface area contributed by atoms with Crippen LogP contribution in [0.1, 0.15) is 31.2 Å². The molecule has 1 aliphatic heterocycles. The van der Waals surface area contributed by atoms with Crippen LogP contribution in [0.2, 0.25) is 0 Å². The molecule has 1 aliphatic rings. The zero-order chi connectivity index (χ0) is 21.0. The first-order valence-electron chi connectivity index (χ1n) is 9.26. The number of hydrogen-bond donors (Lipinski definition) is 1. The molecule has 1 atom stereocenters. The minimum atomic E-state index is -3.89. The Hall–Kier alpha value is -2.39. The molecule has 0 saturated carbocycles. The van der Waals surface area contributed by atoms with Gasteiger partial charge in [0, 0.05) is 31.1 Å². The fraction of sp³-hybridized carbons (Fsp3) is 0.350. The topological polar surface area (TPSA) is 66.5 Å². The fourth-order valence-electron chi connectivity index (χ4n) is 3.41. The maximum atomic E-state index is 13.7. The minimum Gasteiger partial charge on any atom is -0.352 e. The molecule has 9 heteroatoms. The number of benzene rings is 2. The van der Waals surface area contributed by atoms with Crippen LogP contribution < -0.4 is 5.32 Å². The van der Waals surface area contributed by atoms with Crippen LogP contribution in [-0.4, -0.2) is 31.2 Å². The van der Waals surface area contributed by atoms with Crippen molar-refractivity contribution in [2.45, 2.75) is 43.2 Å². The molecule has 1 heterocycles. The average Bonchev–Trinajstić information content (AvgIpc) is 2.68. The molecule has 2 aromatic rings. The van der Waals surface area contributed by atoms with Gasteiger partial charge < -0.3 is 5.32 Å². The van der Waals surface area contributed by atoms with E-state index < -0.39 is 39.4 Å². The molecule has 1 saturated heterocycles. The molecule has 0 bridgehead atoms. The number of halogens is 3. The standard InChI is InChI=1S/C20H21F3N2O3S/c21-14-7-9-16(10-8-14)29(27,28)25-11-2-1-4-15(25)12-20(26)24-13-17-18(22)5-3-6-19(17)23/h3,5-10,15H,1-2,4,11-13H2,(H,24,26)/t15-/m1/s1. The summed E-state index contributed by atoms with van der Waals surface area (Å²) in [7, 11) is -3.89. The Morgan fingerprint density at radius 3 is 2.34 bits per heavy atom. The second-order valence-corrected chi connectivity index (χ2v) is 8.79. The van der Waals surface area contributed by atoms with E-state index in [1.807, 2.05) is 0 Å². The van der Waals surface area contributed by atoms with E-state index in [0.29, 0.717) is 12.8 Å². The maximum Gasteiger partial charge on any atom is 0.243 e. The molecule has 1 fully saturated rings. The molecule has 0 spiro atoms. The summed E-state index contributed by atoms with van der Waals surface area (Å²) in [4.78, 5) is 12.3. The number of carbonyl (C=O) groups excluding carboxylic acids is 1. The molecule has 0 radical (unpaired) electrons. The van der Waals surface area contributed by atoms with E-state index in [1.54, 1.807) is 0 Å². The lowest BCUT2D eigenvalue weighted by atomic mass is 10.0. The number of nitrogens with zero attached hydrogens (tertiary/aromatic N) is 1. The summed E-state index contributed by atoms with van der Waals surface area (Å²) in [6.07, 6.45) is 1.77. The minimum absolute atomic E-state index is 0.0420. The van der Waals surface area contributed by atoms with Crippen molar-refractivity contribution in [3.63, 3.8) is 0 Å². The van der Waals surface area contributed by atoms with Crippen LogP contribution in [0.4, 0.5) is 13.2 Å². The first-order chi connectivity index (χ1) is 13.8. The van der Waals surface area contributed by atoms with E-state index in [9.17, 15) is 26.4 Å². The highest BCUT2D eigenvalue weighted by Crippen LogP contribution is 2.27. The van der Waals surface area contributed by atoms with Crippen molar-refractivity contribution in [1.82, 2.24) is 9.62 Å². The Bertz CT molecular complexity index is 961. The lowest BCUT2D eigenvalue weighted by Crippen LogP contribution is -2.45. The van der Waals surface area contributed by atoms with Crippen molar-refractivity contribution in [2.24, 2.45) is 0 Å². The quantitative estimate of drug-likeness (QED) is 0.771. The molecule has 1 N–H and O–H groups in total. The lowest BCUT2D eigenvalue weighted by molar-refractivity contribution is -0.122. The summed E-state index contributed by atoms with van der Waals surface area (Å²) >= 11 is 0. The van der Waals surface area contributed by atoms with E-state index in [-0.39, 0.29) is 30.0 Å². The monoisotopic (exact) mass is 426 g/mol. The Morgan fingerprint density at radius 2 is 1.69 bits per heavy atom. The third-order valence-electron chi connectivity index (χ3n) is 4.94. The molecular formula is C20H21F3N2O3S. The normalized spacial score (nSPS) is 17.8. The molecule has 29 heavy (non-hydrogen) atoms. The molecule has 0 aromatic heterocycles. The molecule has 156 valence electrons. The maximum absolute atomic E-state index is 13.7. The van der Waals surface area contributed by atoms with Crippen LogP contribution in [-0.2, 0) is 21.4 Å². The van der Waals surface area contributed by atoms with Gasteiger partial charge in [0.1, 0.15) is 17.5 Å². The van der Waals surface area contributed by atoms with Crippen LogP contribution in [0, 0.1) is 17.5 Å². The van der Waals surface area contributed by atoms with Crippen molar-refractivity contribution in [3.05, 3.63) is 65.5 Å². The van der Waals surface area contributed by atoms with Gasteiger partial charge in [-0.05, 0) is 49.2 Å². The van der Waals surface area contributed by atoms with Crippen LogP contribution in [0.3, 0.4) is 0 Å². The Labute approximate surface area is 167 Å². The highest BCUT2D eigenvalue weighted by molar-refractivity contribution is 7.89. The molecule has 3 rings (SSSR count). The molecule has 0 aliphatic carbocycles. The Balaban J connectivity index is 1.69. The van der Waals surface area contributed by atoms with Crippen LogP contribution >= 0.6 is 0 Å². The number of carbonyl (C=O) groups is 1. The molecule has 0 unspecified atom stereocenters. The van der Waals surface area contributed by atoms with E-state index in [1.165, 1.54) is 22.5 Å². The van der Waals surface area contributed by atoms with Gasteiger partial charge in [0.2, 0.25) is 15.9 Å². The third-order valence-corrected chi connectivity index (χ3v) is 6.90. The van der Waals surface area contributed by atoms with Gasteiger partial charge in [-0.2, -0.15) is 4.31 Å². The number of piperidine rings is 1. The smallest absolute Gasteiger partial charge is 0.243 e. The van der Waals surface area contributed by atoms with E-state index >= 15 is 0 Å². The average molecular weight is 426 g/mol. The van der Waals surface area contributed by atoms with E-state index in [4.69, 9.17) is 0 Å². The summed E-state index contributed by atoms with van der Waals surface area (Å²) < 4.78 is 67.6. The van der Waals surface area contributed by atoms with Gasteiger partial charge in [0.25, 0.3) is 0 Å². The molecule has 5 nitrogen and oxygen atoms in total. The highest BCUT2D eigenvalue weighted by Gasteiger charge is 2.34. The van der Waals surface area contributed by atoms with Crippen molar-refractivity contribution in [1.29, 1.82) is 0 Å². The van der Waals surface area contributed by atoms with Gasteiger partial charge in [-0.1, -0.05) is 12.5 Å². The van der Waals surface area contributed by atoms with Gasteiger partial charge in [0.05, 0.1) is 4.90 Å².